The molecule has 0 spiro atoms. The number of aryl methyl sites for hydroxylation is 2. The fourth-order valence-electron chi connectivity index (χ4n) is 4.62. The van der Waals surface area contributed by atoms with Crippen LogP contribution in [0.3, 0.4) is 0 Å². The van der Waals surface area contributed by atoms with Crippen molar-refractivity contribution in [2.24, 2.45) is 0 Å². The molecule has 0 fully saturated rings. The van der Waals surface area contributed by atoms with E-state index in [1.165, 1.54) is 0 Å². The van der Waals surface area contributed by atoms with E-state index in [-0.39, 0.29) is 5.91 Å². The molecular weight excluding hydrogens is 476 g/mol. The first-order valence-corrected chi connectivity index (χ1v) is 13.2. The maximum absolute atomic E-state index is 13.8. The summed E-state index contributed by atoms with van der Waals surface area (Å²) in [6.07, 6.45) is 2.77. The third-order valence-corrected chi connectivity index (χ3v) is 7.12. The molecule has 4 rings (SSSR count). The van der Waals surface area contributed by atoms with Gasteiger partial charge in [-0.05, 0) is 90.0 Å². The van der Waals surface area contributed by atoms with Crippen LogP contribution in [0.25, 0.3) is 22.3 Å². The molecule has 38 heavy (non-hydrogen) atoms. The van der Waals surface area contributed by atoms with E-state index in [1.54, 1.807) is 4.90 Å². The molecule has 2 aromatic heterocycles. The standard InChI is InChI=1S/C30H38N6O2/c1-8-36-22(5)23(17-32-36)18-35(7)30(37)28-25-16-19(2)10-12-26(25)33-29(34-28)24-11-13-27(21(4)20(24)3)38-15-9-14-31-6/h10-13,16-17,31H,8-9,14-15,18H2,1-7H3. The largest absolute Gasteiger partial charge is 0.493 e. The Labute approximate surface area is 225 Å². The second-order valence-electron chi connectivity index (χ2n) is 9.82. The number of carbonyl (C=O) groups is 1. The first-order chi connectivity index (χ1) is 18.2. The lowest BCUT2D eigenvalue weighted by Gasteiger charge is -2.19. The fraction of sp³-hybridized carbons (Fsp3) is 0.400. The SMILES string of the molecule is CCn1ncc(CN(C)C(=O)c2nc(-c3ccc(OCCCNC)c(C)c3C)nc3ccc(C)cc23)c1C. The number of aromatic nitrogens is 4. The number of hydrogen-bond donors (Lipinski definition) is 1. The maximum atomic E-state index is 13.8. The molecule has 8 nitrogen and oxygen atoms in total. The van der Waals surface area contributed by atoms with E-state index in [2.05, 4.69) is 31.2 Å². The van der Waals surface area contributed by atoms with Crippen molar-refractivity contribution < 1.29 is 9.53 Å². The summed E-state index contributed by atoms with van der Waals surface area (Å²) >= 11 is 0. The number of ether oxygens (including phenoxy) is 1. The highest BCUT2D eigenvalue weighted by Crippen LogP contribution is 2.31. The summed E-state index contributed by atoms with van der Waals surface area (Å²) in [5.74, 6) is 1.25. The van der Waals surface area contributed by atoms with Crippen LogP contribution < -0.4 is 10.1 Å². The average molecular weight is 515 g/mol. The first-order valence-electron chi connectivity index (χ1n) is 13.2. The van der Waals surface area contributed by atoms with Gasteiger partial charge in [0.25, 0.3) is 5.91 Å². The quantitative estimate of drug-likeness (QED) is 0.300. The number of hydrogen-bond acceptors (Lipinski definition) is 6. The zero-order valence-corrected chi connectivity index (χ0v) is 23.6. The number of nitrogens with zero attached hydrogens (tertiary/aromatic N) is 5. The number of rotatable bonds is 10. The van der Waals surface area contributed by atoms with E-state index in [4.69, 9.17) is 14.7 Å². The van der Waals surface area contributed by atoms with E-state index in [1.807, 2.05) is 69.2 Å². The highest BCUT2D eigenvalue weighted by atomic mass is 16.5. The Hall–Kier alpha value is -3.78. The molecule has 0 aliphatic heterocycles. The van der Waals surface area contributed by atoms with Gasteiger partial charge >= 0.3 is 0 Å². The van der Waals surface area contributed by atoms with Gasteiger partial charge in [-0.1, -0.05) is 11.6 Å². The monoisotopic (exact) mass is 514 g/mol. The van der Waals surface area contributed by atoms with Crippen LogP contribution in [0.4, 0.5) is 0 Å². The molecule has 1 N–H and O–H groups in total. The topological polar surface area (TPSA) is 85.2 Å². The van der Waals surface area contributed by atoms with Crippen molar-refractivity contribution in [3.05, 3.63) is 70.2 Å². The lowest BCUT2D eigenvalue weighted by Crippen LogP contribution is -2.28. The zero-order valence-electron chi connectivity index (χ0n) is 23.6. The maximum Gasteiger partial charge on any atom is 0.273 e. The van der Waals surface area contributed by atoms with E-state index in [0.29, 0.717) is 24.7 Å². The Balaban J connectivity index is 1.72. The highest BCUT2D eigenvalue weighted by Gasteiger charge is 2.22. The van der Waals surface area contributed by atoms with Crippen molar-refractivity contribution in [2.45, 2.75) is 54.1 Å². The van der Waals surface area contributed by atoms with Crippen LogP contribution in [0.1, 0.15) is 51.8 Å². The van der Waals surface area contributed by atoms with Gasteiger partial charge in [-0.25, -0.2) is 9.97 Å². The Bertz CT molecular complexity index is 1460. The first kappa shape index (κ1) is 27.3. The summed E-state index contributed by atoms with van der Waals surface area (Å²) in [4.78, 5) is 25.3. The molecule has 4 aromatic rings. The van der Waals surface area contributed by atoms with Crippen LogP contribution in [0, 0.1) is 27.7 Å². The molecular formula is C30H38N6O2. The molecule has 200 valence electrons. The molecule has 0 unspecified atom stereocenters. The predicted molar refractivity (Wildman–Crippen MR) is 152 cm³/mol. The molecule has 0 saturated carbocycles. The minimum absolute atomic E-state index is 0.147. The van der Waals surface area contributed by atoms with Crippen molar-refractivity contribution in [1.82, 2.24) is 30.0 Å². The van der Waals surface area contributed by atoms with Crippen LogP contribution in [0.2, 0.25) is 0 Å². The van der Waals surface area contributed by atoms with Crippen molar-refractivity contribution in [2.75, 3.05) is 27.2 Å². The molecule has 0 aliphatic carbocycles. The van der Waals surface area contributed by atoms with Crippen LogP contribution in [0.5, 0.6) is 5.75 Å². The van der Waals surface area contributed by atoms with Gasteiger partial charge in [0.05, 0.1) is 18.3 Å². The Morgan fingerprint density at radius 3 is 2.58 bits per heavy atom. The number of benzene rings is 2. The zero-order chi connectivity index (χ0) is 27.4. The van der Waals surface area contributed by atoms with Crippen LogP contribution in [-0.4, -0.2) is 57.8 Å². The molecule has 2 heterocycles. The van der Waals surface area contributed by atoms with Gasteiger partial charge < -0.3 is 15.0 Å². The van der Waals surface area contributed by atoms with Crippen LogP contribution in [-0.2, 0) is 13.1 Å². The van der Waals surface area contributed by atoms with E-state index in [0.717, 1.165) is 69.7 Å². The van der Waals surface area contributed by atoms with Crippen LogP contribution >= 0.6 is 0 Å². The smallest absolute Gasteiger partial charge is 0.273 e. The molecule has 2 aromatic carbocycles. The summed E-state index contributed by atoms with van der Waals surface area (Å²) in [5, 5.41) is 8.32. The molecule has 1 amide bonds. The second kappa shape index (κ2) is 11.7. The van der Waals surface area contributed by atoms with E-state index in [9.17, 15) is 4.79 Å². The summed E-state index contributed by atoms with van der Waals surface area (Å²) in [5.41, 5.74) is 7.27. The number of nitrogens with one attached hydrogen (secondary N) is 1. The number of carbonyl (C=O) groups excluding carboxylic acids is 1. The van der Waals surface area contributed by atoms with Gasteiger partial charge in [0, 0.05) is 42.3 Å². The Morgan fingerprint density at radius 1 is 1.08 bits per heavy atom. The van der Waals surface area contributed by atoms with Crippen molar-refractivity contribution in [1.29, 1.82) is 0 Å². The van der Waals surface area contributed by atoms with Gasteiger partial charge in [-0.15, -0.1) is 0 Å². The lowest BCUT2D eigenvalue weighted by atomic mass is 10.0. The lowest BCUT2D eigenvalue weighted by molar-refractivity contribution is 0.0781. The third kappa shape index (κ3) is 5.55. The van der Waals surface area contributed by atoms with Gasteiger partial charge in [-0.2, -0.15) is 5.10 Å². The van der Waals surface area contributed by atoms with Crippen molar-refractivity contribution in [3.63, 3.8) is 0 Å². The molecule has 0 atom stereocenters. The average Bonchev–Trinajstić information content (AvgIpc) is 3.26. The summed E-state index contributed by atoms with van der Waals surface area (Å²) in [6.45, 7) is 13.0. The molecule has 0 saturated heterocycles. The summed E-state index contributed by atoms with van der Waals surface area (Å²) in [7, 11) is 3.75. The Kier molecular flexibility index (Phi) is 8.42. The highest BCUT2D eigenvalue weighted by molar-refractivity contribution is 6.05. The van der Waals surface area contributed by atoms with Gasteiger partial charge in [0.1, 0.15) is 11.4 Å². The van der Waals surface area contributed by atoms with Gasteiger partial charge in [-0.3, -0.25) is 9.48 Å². The van der Waals surface area contributed by atoms with E-state index < -0.39 is 0 Å². The molecule has 0 radical (unpaired) electrons. The minimum atomic E-state index is -0.147. The normalized spacial score (nSPS) is 11.2. The van der Waals surface area contributed by atoms with Gasteiger partial charge in [0.2, 0.25) is 0 Å². The molecule has 0 aliphatic rings. The van der Waals surface area contributed by atoms with Crippen molar-refractivity contribution in [3.8, 4) is 17.1 Å². The molecule has 8 heteroatoms. The number of amides is 1. The minimum Gasteiger partial charge on any atom is -0.493 e. The second-order valence-corrected chi connectivity index (χ2v) is 9.82. The fourth-order valence-corrected chi connectivity index (χ4v) is 4.62. The third-order valence-electron chi connectivity index (χ3n) is 7.12. The Morgan fingerprint density at radius 2 is 1.87 bits per heavy atom. The van der Waals surface area contributed by atoms with Gasteiger partial charge in [0.15, 0.2) is 5.82 Å². The van der Waals surface area contributed by atoms with Crippen LogP contribution in [0.15, 0.2) is 36.5 Å². The summed E-state index contributed by atoms with van der Waals surface area (Å²) < 4.78 is 7.95. The number of fused-ring (bicyclic) bond motifs is 1. The molecule has 0 bridgehead atoms. The van der Waals surface area contributed by atoms with E-state index >= 15 is 0 Å². The summed E-state index contributed by atoms with van der Waals surface area (Å²) in [6, 6.07) is 9.93. The predicted octanol–water partition coefficient (Wildman–Crippen LogP) is 5.01. The van der Waals surface area contributed by atoms with Crippen molar-refractivity contribution >= 4 is 16.8 Å².